The number of morpholine rings is 1. The van der Waals surface area contributed by atoms with E-state index in [0.717, 1.165) is 44.5 Å². The summed E-state index contributed by atoms with van der Waals surface area (Å²) in [7, 11) is 0. The number of hydrogen-bond donors (Lipinski definition) is 1. The molecule has 1 saturated carbocycles. The first-order valence-electron chi connectivity index (χ1n) is 12.5. The Morgan fingerprint density at radius 2 is 1.69 bits per heavy atom. The minimum Gasteiger partial charge on any atom is -0.459 e. The Morgan fingerprint density at radius 1 is 0.972 bits per heavy atom. The molecule has 5 rings (SSSR count). The zero-order chi connectivity index (χ0) is 24.9. The van der Waals surface area contributed by atoms with Crippen molar-refractivity contribution in [2.75, 3.05) is 36.1 Å². The van der Waals surface area contributed by atoms with Crippen LogP contribution in [-0.2, 0) is 9.53 Å². The average molecular weight is 492 g/mol. The Labute approximate surface area is 209 Å². The fourth-order valence-electron chi connectivity index (χ4n) is 4.99. The van der Waals surface area contributed by atoms with Gasteiger partial charge >= 0.3 is 0 Å². The van der Waals surface area contributed by atoms with E-state index in [1.54, 1.807) is 18.2 Å². The average Bonchev–Trinajstić information content (AvgIpc) is 3.63. The summed E-state index contributed by atoms with van der Waals surface area (Å²) in [5.74, 6) is -1.50. The molecule has 2 aromatic carbocycles. The maximum atomic E-state index is 15.1. The van der Waals surface area contributed by atoms with Gasteiger partial charge in [-0.1, -0.05) is 37.1 Å². The zero-order valence-electron chi connectivity index (χ0n) is 20.1. The summed E-state index contributed by atoms with van der Waals surface area (Å²) >= 11 is 0. The Kier molecular flexibility index (Phi) is 7.32. The van der Waals surface area contributed by atoms with Gasteiger partial charge in [0.1, 0.15) is 11.9 Å². The molecule has 1 saturated heterocycles. The van der Waals surface area contributed by atoms with E-state index in [1.807, 2.05) is 24.3 Å². The second-order valence-electron chi connectivity index (χ2n) is 9.19. The molecule has 188 valence electrons. The minimum absolute atomic E-state index is 0.0164. The number of benzene rings is 2. The van der Waals surface area contributed by atoms with Crippen LogP contribution in [-0.4, -0.2) is 44.2 Å². The van der Waals surface area contributed by atoms with Crippen molar-refractivity contribution in [3.8, 4) is 0 Å². The molecule has 1 N–H and O–H groups in total. The van der Waals surface area contributed by atoms with Gasteiger partial charge < -0.3 is 19.4 Å². The Bertz CT molecular complexity index is 1170. The van der Waals surface area contributed by atoms with Crippen molar-refractivity contribution in [1.82, 2.24) is 5.32 Å². The Balaban J connectivity index is 1.56. The lowest BCUT2D eigenvalue weighted by molar-refractivity contribution is -0.123. The molecule has 7 nitrogen and oxygen atoms in total. The summed E-state index contributed by atoms with van der Waals surface area (Å²) in [6, 6.07) is 15.6. The van der Waals surface area contributed by atoms with Crippen molar-refractivity contribution in [1.29, 1.82) is 0 Å². The van der Waals surface area contributed by atoms with Gasteiger partial charge in [0.05, 0.1) is 25.2 Å². The lowest BCUT2D eigenvalue weighted by Crippen LogP contribution is -2.46. The number of carbonyl (C=O) groups excluding carboxylic acids is 2. The number of ether oxygens (including phenoxy) is 1. The lowest BCUT2D eigenvalue weighted by Gasteiger charge is -2.33. The molecule has 2 amide bonds. The van der Waals surface area contributed by atoms with E-state index in [-0.39, 0.29) is 23.4 Å². The smallest absolute Gasteiger partial charge is 0.295 e. The number of nitrogens with one attached hydrogen (secondary N) is 1. The van der Waals surface area contributed by atoms with Crippen LogP contribution in [0.1, 0.15) is 47.8 Å². The van der Waals surface area contributed by atoms with Gasteiger partial charge in [0, 0.05) is 24.8 Å². The van der Waals surface area contributed by atoms with Crippen molar-refractivity contribution in [3.63, 3.8) is 0 Å². The van der Waals surface area contributed by atoms with Crippen molar-refractivity contribution in [3.05, 3.63) is 84.1 Å². The van der Waals surface area contributed by atoms with Crippen molar-refractivity contribution in [2.45, 2.75) is 37.8 Å². The van der Waals surface area contributed by atoms with Crippen LogP contribution in [0.3, 0.4) is 0 Å². The molecule has 0 unspecified atom stereocenters. The first kappa shape index (κ1) is 24.1. The SMILES string of the molecule is O=C(NC1CCCC1)[C@@H](c1ccc(N2CCOCC2)cc1)N(C(=O)c1ccco1)c1ccccc1F. The number of para-hydroxylation sites is 1. The van der Waals surface area contributed by atoms with Crippen molar-refractivity contribution < 1.29 is 23.1 Å². The number of carbonyl (C=O) groups is 2. The summed E-state index contributed by atoms with van der Waals surface area (Å²) in [5.41, 5.74) is 1.61. The molecule has 36 heavy (non-hydrogen) atoms. The minimum atomic E-state index is -1.08. The third-order valence-electron chi connectivity index (χ3n) is 6.86. The fraction of sp³-hybridized carbons (Fsp3) is 0.357. The molecule has 0 radical (unpaired) electrons. The molecular weight excluding hydrogens is 461 g/mol. The quantitative estimate of drug-likeness (QED) is 0.519. The predicted octanol–water partition coefficient (Wildman–Crippen LogP) is 4.70. The molecule has 2 fully saturated rings. The van der Waals surface area contributed by atoms with Gasteiger partial charge in [0.2, 0.25) is 5.91 Å². The molecule has 1 aromatic heterocycles. The molecule has 3 aromatic rings. The second kappa shape index (κ2) is 11.0. The number of amides is 2. The number of rotatable bonds is 7. The predicted molar refractivity (Wildman–Crippen MR) is 135 cm³/mol. The summed E-state index contributed by atoms with van der Waals surface area (Å²) in [4.78, 5) is 30.9. The normalized spacial score (nSPS) is 17.1. The number of furan rings is 1. The van der Waals surface area contributed by atoms with E-state index < -0.39 is 17.8 Å². The molecular formula is C28H30FN3O4. The second-order valence-corrected chi connectivity index (χ2v) is 9.19. The largest absolute Gasteiger partial charge is 0.459 e. The molecule has 2 heterocycles. The van der Waals surface area contributed by atoms with Crippen LogP contribution < -0.4 is 15.1 Å². The van der Waals surface area contributed by atoms with E-state index in [1.165, 1.54) is 29.4 Å². The summed E-state index contributed by atoms with van der Waals surface area (Å²) in [5, 5.41) is 3.11. The Hall–Kier alpha value is -3.65. The lowest BCUT2D eigenvalue weighted by atomic mass is 10.0. The highest BCUT2D eigenvalue weighted by atomic mass is 19.1. The highest BCUT2D eigenvalue weighted by Gasteiger charge is 2.37. The van der Waals surface area contributed by atoms with Crippen molar-refractivity contribution >= 4 is 23.2 Å². The molecule has 1 atom stereocenters. The third-order valence-corrected chi connectivity index (χ3v) is 6.86. The van der Waals surface area contributed by atoms with Crippen LogP contribution >= 0.6 is 0 Å². The third kappa shape index (κ3) is 5.14. The summed E-state index contributed by atoms with van der Waals surface area (Å²) in [6.07, 6.45) is 5.26. The first-order valence-corrected chi connectivity index (χ1v) is 12.5. The van der Waals surface area contributed by atoms with Gasteiger partial charge in [-0.3, -0.25) is 14.5 Å². The monoisotopic (exact) mass is 491 g/mol. The summed E-state index contributed by atoms with van der Waals surface area (Å²) in [6.45, 7) is 2.88. The Morgan fingerprint density at radius 3 is 2.36 bits per heavy atom. The van der Waals surface area contributed by atoms with Gasteiger partial charge in [-0.15, -0.1) is 0 Å². The van der Waals surface area contributed by atoms with Gasteiger partial charge in [0.25, 0.3) is 5.91 Å². The standard InChI is InChI=1S/C28H30FN3O4/c29-23-8-3-4-9-24(23)32(28(34)25-10-5-17-36-25)26(27(33)30-21-6-1-2-7-21)20-11-13-22(14-12-20)31-15-18-35-19-16-31/h3-5,8-14,17,21,26H,1-2,6-7,15-16,18-19H2,(H,30,33)/t26-/m1/s1. The van der Waals surface area contributed by atoms with Crippen LogP contribution in [0.2, 0.25) is 0 Å². The number of hydrogen-bond acceptors (Lipinski definition) is 5. The van der Waals surface area contributed by atoms with Crippen LogP contribution in [0.15, 0.2) is 71.3 Å². The topological polar surface area (TPSA) is 75.0 Å². The van der Waals surface area contributed by atoms with Crippen LogP contribution in [0.4, 0.5) is 15.8 Å². The van der Waals surface area contributed by atoms with Gasteiger partial charge in [-0.25, -0.2) is 4.39 Å². The van der Waals surface area contributed by atoms with E-state index in [4.69, 9.17) is 9.15 Å². The molecule has 0 bridgehead atoms. The van der Waals surface area contributed by atoms with Crippen LogP contribution in [0, 0.1) is 5.82 Å². The molecule has 1 aliphatic heterocycles. The fourth-order valence-corrected chi connectivity index (χ4v) is 4.99. The van der Waals surface area contributed by atoms with Gasteiger partial charge in [0.15, 0.2) is 5.76 Å². The molecule has 1 aliphatic carbocycles. The van der Waals surface area contributed by atoms with Crippen LogP contribution in [0.5, 0.6) is 0 Å². The van der Waals surface area contributed by atoms with E-state index in [9.17, 15) is 9.59 Å². The zero-order valence-corrected chi connectivity index (χ0v) is 20.1. The summed E-state index contributed by atoms with van der Waals surface area (Å²) < 4.78 is 25.9. The molecule has 0 spiro atoms. The number of anilines is 2. The van der Waals surface area contributed by atoms with E-state index in [2.05, 4.69) is 10.2 Å². The highest BCUT2D eigenvalue weighted by molar-refractivity contribution is 6.08. The maximum Gasteiger partial charge on any atom is 0.295 e. The highest BCUT2D eigenvalue weighted by Crippen LogP contribution is 2.33. The van der Waals surface area contributed by atoms with E-state index in [0.29, 0.717) is 18.8 Å². The van der Waals surface area contributed by atoms with Crippen molar-refractivity contribution in [2.24, 2.45) is 0 Å². The van der Waals surface area contributed by atoms with E-state index >= 15 is 4.39 Å². The molecule has 2 aliphatic rings. The van der Waals surface area contributed by atoms with Crippen LogP contribution in [0.25, 0.3) is 0 Å². The first-order chi connectivity index (χ1) is 17.6. The molecule has 8 heteroatoms. The maximum absolute atomic E-state index is 15.1. The number of nitrogens with zero attached hydrogens (tertiary/aromatic N) is 2. The van der Waals surface area contributed by atoms with Gasteiger partial charge in [-0.05, 0) is 54.8 Å². The number of halogens is 1. The van der Waals surface area contributed by atoms with Gasteiger partial charge in [-0.2, -0.15) is 0 Å².